The molecule has 0 bridgehead atoms. The molecule has 2 aromatic carbocycles. The first-order valence-corrected chi connectivity index (χ1v) is 14.8. The molecule has 2 saturated heterocycles. The summed E-state index contributed by atoms with van der Waals surface area (Å²) in [6.45, 7) is -1.56. The summed E-state index contributed by atoms with van der Waals surface area (Å²) in [4.78, 5) is 22.6. The maximum atomic E-state index is 11.8. The fraction of sp³-hybridized carbons (Fsp3) is 0.467. The second-order valence-corrected chi connectivity index (χ2v) is 11.5. The van der Waals surface area contributed by atoms with Crippen LogP contribution in [0.15, 0.2) is 30.0 Å². The standard InChI is InChI=1S/C30H34O20/c31-7-17-22(39)24(41)26(43)29(49-17)47-15-4-10(32)3-14-11(15)5-16(28(46-14)9-1-12(33)21(38)13(34)2-9)48-30-27(44)25(42)23(40)18(50-30)8-45-20(37)6-19(35)36/h1-5,17-18,22-34,38-44H,6-8H2,(H,35,36). The zero-order valence-electron chi connectivity index (χ0n) is 25.5. The Hall–Kier alpha value is -4.64. The Labute approximate surface area is 280 Å². The van der Waals surface area contributed by atoms with Gasteiger partial charge in [0.15, 0.2) is 23.4 Å². The molecule has 0 aromatic heterocycles. The summed E-state index contributed by atoms with van der Waals surface area (Å²) < 4.78 is 33.4. The lowest BCUT2D eigenvalue weighted by Crippen LogP contribution is -2.60. The van der Waals surface area contributed by atoms with Crippen LogP contribution in [0.2, 0.25) is 0 Å². The van der Waals surface area contributed by atoms with E-state index in [2.05, 4.69) is 0 Å². The van der Waals surface area contributed by atoms with Crippen LogP contribution in [0.25, 0.3) is 6.08 Å². The van der Waals surface area contributed by atoms with Crippen LogP contribution in [0.3, 0.4) is 0 Å². The molecular weight excluding hydrogens is 680 g/mol. The Morgan fingerprint density at radius 3 is 1.92 bits per heavy atom. The molecule has 0 saturated carbocycles. The van der Waals surface area contributed by atoms with Crippen LogP contribution in [0.5, 0.6) is 34.5 Å². The Morgan fingerprint density at radius 2 is 1.32 bits per heavy atom. The highest BCUT2D eigenvalue weighted by Gasteiger charge is 2.48. The number of aliphatic hydroxyl groups is 7. The lowest BCUT2D eigenvalue weighted by atomic mass is 9.98. The van der Waals surface area contributed by atoms with Crippen LogP contribution in [0.1, 0.15) is 23.7 Å². The molecule has 274 valence electrons. The van der Waals surface area contributed by atoms with Crippen LogP contribution in [0.4, 0.5) is 0 Å². The highest BCUT2D eigenvalue weighted by atomic mass is 16.7. The first-order chi connectivity index (χ1) is 23.6. The minimum Gasteiger partial charge on any atom is -0.508 e. The zero-order valence-corrected chi connectivity index (χ0v) is 25.5. The number of carboxylic acid groups (broad SMARTS) is 1. The highest BCUT2D eigenvalue weighted by Crippen LogP contribution is 2.47. The summed E-state index contributed by atoms with van der Waals surface area (Å²) in [7, 11) is 0. The second-order valence-electron chi connectivity index (χ2n) is 11.5. The molecule has 3 aliphatic rings. The van der Waals surface area contributed by atoms with E-state index in [9.17, 15) is 65.8 Å². The van der Waals surface area contributed by atoms with E-state index >= 15 is 0 Å². The number of phenols is 4. The van der Waals surface area contributed by atoms with Crippen molar-refractivity contribution in [2.75, 3.05) is 13.2 Å². The molecule has 2 fully saturated rings. The molecule has 2 aromatic rings. The van der Waals surface area contributed by atoms with Gasteiger partial charge in [0.1, 0.15) is 84.9 Å². The van der Waals surface area contributed by atoms with Gasteiger partial charge in [-0.15, -0.1) is 0 Å². The molecule has 0 aliphatic carbocycles. The van der Waals surface area contributed by atoms with Crippen molar-refractivity contribution < 1.29 is 99.3 Å². The van der Waals surface area contributed by atoms with E-state index in [4.69, 9.17) is 33.5 Å². The number of rotatable bonds is 10. The van der Waals surface area contributed by atoms with Gasteiger partial charge in [0.05, 0.1) is 12.2 Å². The third-order valence-corrected chi connectivity index (χ3v) is 7.99. The minimum atomic E-state index is -2.00. The average molecular weight is 715 g/mol. The van der Waals surface area contributed by atoms with Crippen LogP contribution in [-0.2, 0) is 28.5 Å². The van der Waals surface area contributed by atoms with Gasteiger partial charge in [-0.25, -0.2) is 0 Å². The lowest BCUT2D eigenvalue weighted by molar-refractivity contribution is -0.294. The maximum Gasteiger partial charge on any atom is 0.317 e. The number of fused-ring (bicyclic) bond motifs is 1. The maximum absolute atomic E-state index is 11.8. The second kappa shape index (κ2) is 14.7. The molecule has 0 amide bonds. The minimum absolute atomic E-state index is 0.0664. The highest BCUT2D eigenvalue weighted by molar-refractivity contribution is 5.90. The van der Waals surface area contributed by atoms with Crippen LogP contribution in [0, 0.1) is 0 Å². The first-order valence-electron chi connectivity index (χ1n) is 14.8. The van der Waals surface area contributed by atoms with E-state index < -0.39 is 122 Å². The van der Waals surface area contributed by atoms with Crippen molar-refractivity contribution in [1.29, 1.82) is 0 Å². The van der Waals surface area contributed by atoms with Gasteiger partial charge in [-0.1, -0.05) is 0 Å². The van der Waals surface area contributed by atoms with Gasteiger partial charge in [0.25, 0.3) is 0 Å². The number of aromatic hydroxyl groups is 4. The third-order valence-electron chi connectivity index (χ3n) is 7.99. The lowest BCUT2D eigenvalue weighted by Gasteiger charge is -2.41. The van der Waals surface area contributed by atoms with E-state index in [1.807, 2.05) is 0 Å². The smallest absolute Gasteiger partial charge is 0.317 e. The van der Waals surface area contributed by atoms with Crippen LogP contribution >= 0.6 is 0 Å². The molecular formula is C30H34O20. The molecule has 11 unspecified atom stereocenters. The fourth-order valence-corrected chi connectivity index (χ4v) is 5.36. The summed E-state index contributed by atoms with van der Waals surface area (Å²) >= 11 is 0. The molecule has 50 heavy (non-hydrogen) atoms. The molecule has 0 spiro atoms. The van der Waals surface area contributed by atoms with Crippen LogP contribution < -0.4 is 9.47 Å². The predicted molar refractivity (Wildman–Crippen MR) is 156 cm³/mol. The number of hydrogen-bond donors (Lipinski definition) is 12. The van der Waals surface area contributed by atoms with Crippen molar-refractivity contribution in [1.82, 2.24) is 0 Å². The molecule has 3 aliphatic heterocycles. The van der Waals surface area contributed by atoms with Gasteiger partial charge in [0.2, 0.25) is 12.6 Å². The predicted octanol–water partition coefficient (Wildman–Crippen LogP) is -3.00. The number of ether oxygens (including phenoxy) is 6. The van der Waals surface area contributed by atoms with E-state index in [1.54, 1.807) is 0 Å². The number of carbonyl (C=O) groups excluding carboxylic acids is 1. The molecule has 3 heterocycles. The molecule has 20 heteroatoms. The Bertz CT molecular complexity index is 1590. The van der Waals surface area contributed by atoms with E-state index in [1.165, 1.54) is 6.08 Å². The summed E-state index contributed by atoms with van der Waals surface area (Å²) in [5.41, 5.74) is -0.164. The van der Waals surface area contributed by atoms with E-state index in [-0.39, 0.29) is 28.4 Å². The molecule has 11 atom stereocenters. The van der Waals surface area contributed by atoms with Gasteiger partial charge in [-0.05, 0) is 18.2 Å². The first kappa shape index (κ1) is 36.6. The van der Waals surface area contributed by atoms with Crippen molar-refractivity contribution >= 4 is 18.0 Å². The molecule has 20 nitrogen and oxygen atoms in total. The number of carboxylic acids is 1. The van der Waals surface area contributed by atoms with Crippen molar-refractivity contribution in [2.24, 2.45) is 0 Å². The normalized spacial score (nSPS) is 32.2. The van der Waals surface area contributed by atoms with Gasteiger partial charge < -0.3 is 89.7 Å². The number of carbonyl (C=O) groups is 2. The number of aliphatic hydroxyl groups excluding tert-OH is 7. The summed E-state index contributed by atoms with van der Waals surface area (Å²) in [5.74, 6) is -6.47. The Balaban J connectivity index is 1.52. The quantitative estimate of drug-likeness (QED) is 0.0663. The van der Waals surface area contributed by atoms with Crippen molar-refractivity contribution in [3.63, 3.8) is 0 Å². The topological polar surface area (TPSA) is 332 Å². The summed E-state index contributed by atoms with van der Waals surface area (Å²) in [6.07, 6.45) is -19.1. The number of hydrogen-bond acceptors (Lipinski definition) is 19. The monoisotopic (exact) mass is 714 g/mol. The van der Waals surface area contributed by atoms with Crippen molar-refractivity contribution in [3.05, 3.63) is 41.2 Å². The Morgan fingerprint density at radius 1 is 0.740 bits per heavy atom. The molecule has 12 N–H and O–H groups in total. The van der Waals surface area contributed by atoms with Crippen molar-refractivity contribution in [2.45, 2.75) is 73.9 Å². The van der Waals surface area contributed by atoms with Gasteiger partial charge >= 0.3 is 11.9 Å². The summed E-state index contributed by atoms with van der Waals surface area (Å²) in [6, 6.07) is 4.07. The van der Waals surface area contributed by atoms with E-state index in [0.717, 1.165) is 24.3 Å². The molecule has 0 radical (unpaired) electrons. The zero-order chi connectivity index (χ0) is 36.6. The fourth-order valence-electron chi connectivity index (χ4n) is 5.36. The SMILES string of the molecule is O=C(O)CC(=O)OCC1OC(OC2=Cc3c(cc(O)cc3OC3OC(CO)C(O)C(O)C3O)OC2c2cc(O)c(O)c(O)c2)C(O)C(O)C1O. The van der Waals surface area contributed by atoms with Crippen LogP contribution in [-0.4, -0.2) is 148 Å². The number of aliphatic carboxylic acids is 1. The largest absolute Gasteiger partial charge is 0.508 e. The number of esters is 1. The van der Waals surface area contributed by atoms with Gasteiger partial charge in [-0.3, -0.25) is 9.59 Å². The van der Waals surface area contributed by atoms with Gasteiger partial charge in [0, 0.05) is 17.7 Å². The Kier molecular flexibility index (Phi) is 10.8. The van der Waals surface area contributed by atoms with Gasteiger partial charge in [-0.2, -0.15) is 0 Å². The number of phenolic OH excluding ortho intramolecular Hbond substituents is 4. The number of benzene rings is 2. The van der Waals surface area contributed by atoms with Crippen molar-refractivity contribution in [3.8, 4) is 34.5 Å². The van der Waals surface area contributed by atoms with E-state index in [0.29, 0.717) is 0 Å². The molecule has 5 rings (SSSR count). The third kappa shape index (κ3) is 7.43. The average Bonchev–Trinajstić information content (AvgIpc) is 3.06. The summed E-state index contributed by atoms with van der Waals surface area (Å²) in [5, 5.41) is 122.